The number of rotatable bonds is 4. The van der Waals surface area contributed by atoms with Gasteiger partial charge < -0.3 is 50.2 Å². The van der Waals surface area contributed by atoms with Gasteiger partial charge in [0, 0.05) is 87.4 Å². The number of hydrogen-bond donors (Lipinski definition) is 6. The van der Waals surface area contributed by atoms with E-state index in [9.17, 15) is 39.3 Å². The van der Waals surface area contributed by atoms with E-state index in [1.807, 2.05) is 0 Å². The Morgan fingerprint density at radius 2 is 1.66 bits per heavy atom. The zero-order valence-corrected chi connectivity index (χ0v) is 36.5. The summed E-state index contributed by atoms with van der Waals surface area (Å²) < 4.78 is 23.6. The molecule has 0 saturated carbocycles. The Morgan fingerprint density at radius 3 is 2.26 bits per heavy atom. The van der Waals surface area contributed by atoms with Crippen LogP contribution in [0.1, 0.15) is 97.9 Å². The number of benzene rings is 1. The Labute approximate surface area is 359 Å². The van der Waals surface area contributed by atoms with Crippen LogP contribution in [0.5, 0.6) is 11.5 Å². The highest BCUT2D eigenvalue weighted by molar-refractivity contribution is 7.80. The van der Waals surface area contributed by atoms with Crippen LogP contribution in [0.3, 0.4) is 0 Å². The van der Waals surface area contributed by atoms with E-state index in [0.29, 0.717) is 18.6 Å². The predicted molar refractivity (Wildman–Crippen MR) is 226 cm³/mol. The Hall–Kier alpha value is -5.43. The molecule has 6 rings (SSSR count). The number of ketones is 3. The number of aliphatic hydroxyl groups is 2. The van der Waals surface area contributed by atoms with Gasteiger partial charge in [-0.15, -0.1) is 0 Å². The summed E-state index contributed by atoms with van der Waals surface area (Å²) in [6, 6.07) is 0. The first-order valence-electron chi connectivity index (χ1n) is 20.0. The molecule has 5 bridgehead atoms. The van der Waals surface area contributed by atoms with E-state index < -0.39 is 106 Å². The van der Waals surface area contributed by atoms with Crippen molar-refractivity contribution >= 4 is 52.3 Å². The molecular weight excluding hydrogens is 811 g/mol. The number of hydrogen-bond acceptors (Lipinski definition) is 15. The average Bonchev–Trinajstić information content (AvgIpc) is 3.48. The summed E-state index contributed by atoms with van der Waals surface area (Å²) in [4.78, 5) is 71.8. The van der Waals surface area contributed by atoms with Crippen LogP contribution in [0.15, 0.2) is 52.6 Å². The SMILES string of the molecule is CO[C@H]1/C=C/O[C@@]2(C)Oc3c(C)c(O)c4c(c3C2=O)C(=O)C(N2CCC(=NNC(N)=S)CC2)=C(NC(=O)/C(C)=C\C=C\[C@@H](C)[C@H](O)[C@@H](C)[C@H](O)[C@@H](C)[C@@H](OC(C)=O)[C@@H]1C)C4=O. The van der Waals surface area contributed by atoms with Crippen LogP contribution in [0, 0.1) is 30.6 Å². The zero-order valence-electron chi connectivity index (χ0n) is 35.7. The molecule has 61 heavy (non-hydrogen) atoms. The number of allylic oxidation sites excluding steroid dienone is 4. The fourth-order valence-electron chi connectivity index (χ4n) is 8.21. The summed E-state index contributed by atoms with van der Waals surface area (Å²) in [5.74, 6) is -9.36. The van der Waals surface area contributed by atoms with E-state index in [-0.39, 0.29) is 46.3 Å². The number of fused-ring (bicyclic) bond motifs is 14. The first kappa shape index (κ1) is 46.6. The van der Waals surface area contributed by atoms with Crippen LogP contribution in [-0.4, -0.2) is 111 Å². The number of amides is 1. The molecule has 1 aliphatic carbocycles. The second-order valence-electron chi connectivity index (χ2n) is 16.2. The highest BCUT2D eigenvalue weighted by atomic mass is 32.1. The molecule has 4 aliphatic heterocycles. The molecule has 4 heterocycles. The van der Waals surface area contributed by atoms with Gasteiger partial charge in [-0.3, -0.25) is 29.4 Å². The van der Waals surface area contributed by atoms with Crippen molar-refractivity contribution in [1.29, 1.82) is 0 Å². The summed E-state index contributed by atoms with van der Waals surface area (Å²) in [5.41, 5.74) is 7.11. The van der Waals surface area contributed by atoms with E-state index >= 15 is 0 Å². The van der Waals surface area contributed by atoms with Crippen molar-refractivity contribution in [2.45, 2.75) is 98.4 Å². The predicted octanol–water partition coefficient (Wildman–Crippen LogP) is 3.24. The number of aliphatic hydroxyl groups excluding tert-OH is 2. The van der Waals surface area contributed by atoms with Gasteiger partial charge in [-0.2, -0.15) is 5.10 Å². The third-order valence-corrected chi connectivity index (χ3v) is 12.0. The molecule has 0 aromatic heterocycles. The number of phenolic OH excluding ortho intramolecular Hbond substituents is 1. The summed E-state index contributed by atoms with van der Waals surface area (Å²) >= 11 is 4.86. The normalized spacial score (nSPS) is 32.0. The first-order chi connectivity index (χ1) is 28.6. The van der Waals surface area contributed by atoms with Gasteiger partial charge in [0.15, 0.2) is 5.11 Å². The number of carbonyl (C=O) groups excluding carboxylic acids is 5. The number of carbonyl (C=O) groups is 5. The quantitative estimate of drug-likeness (QED) is 0.144. The van der Waals surface area contributed by atoms with Gasteiger partial charge >= 0.3 is 11.8 Å². The Morgan fingerprint density at radius 1 is 1.00 bits per heavy atom. The highest BCUT2D eigenvalue weighted by Crippen LogP contribution is 2.49. The molecule has 1 aromatic carbocycles. The second-order valence-corrected chi connectivity index (χ2v) is 16.6. The molecular formula is C43H55N5O12S. The van der Waals surface area contributed by atoms with Crippen molar-refractivity contribution in [3.05, 3.63) is 69.8 Å². The van der Waals surface area contributed by atoms with Crippen molar-refractivity contribution in [1.82, 2.24) is 15.6 Å². The number of nitrogens with one attached hydrogen (secondary N) is 2. The number of likely N-dealkylation sites (tertiary alicyclic amines) is 1. The number of nitrogens with two attached hydrogens (primary N) is 1. The van der Waals surface area contributed by atoms with E-state index in [0.717, 1.165) is 0 Å². The lowest BCUT2D eigenvalue weighted by atomic mass is 9.78. The minimum absolute atomic E-state index is 0.0183. The molecule has 1 fully saturated rings. The van der Waals surface area contributed by atoms with E-state index in [4.69, 9.17) is 36.9 Å². The number of ether oxygens (including phenoxy) is 4. The molecule has 0 unspecified atom stereocenters. The number of Topliss-reactive ketones (excluding diaryl/α,β-unsaturated/α-hetero) is 3. The van der Waals surface area contributed by atoms with E-state index in [1.165, 1.54) is 53.2 Å². The molecule has 0 radical (unpaired) electrons. The average molecular weight is 866 g/mol. The van der Waals surface area contributed by atoms with Crippen LogP contribution < -0.4 is 21.2 Å². The third kappa shape index (κ3) is 9.27. The minimum atomic E-state index is -2.11. The molecule has 330 valence electrons. The van der Waals surface area contributed by atoms with E-state index in [2.05, 4.69) is 15.8 Å². The Balaban J connectivity index is 1.66. The fourth-order valence-corrected chi connectivity index (χ4v) is 8.26. The van der Waals surface area contributed by atoms with Crippen LogP contribution in [0.4, 0.5) is 0 Å². The van der Waals surface area contributed by atoms with Crippen LogP contribution in [0.25, 0.3) is 0 Å². The van der Waals surface area contributed by atoms with Crippen LogP contribution in [-0.2, 0) is 23.8 Å². The largest absolute Gasteiger partial charge is 0.507 e. The monoisotopic (exact) mass is 865 g/mol. The zero-order chi connectivity index (χ0) is 45.2. The number of nitrogens with zero attached hydrogens (tertiary/aromatic N) is 2. The van der Waals surface area contributed by atoms with Gasteiger partial charge in [-0.25, -0.2) is 0 Å². The number of hydrazone groups is 1. The molecule has 9 atom stereocenters. The maximum absolute atomic E-state index is 14.9. The van der Waals surface area contributed by atoms with Gasteiger partial charge in [-0.1, -0.05) is 45.9 Å². The van der Waals surface area contributed by atoms with Crippen molar-refractivity contribution in [3.8, 4) is 11.5 Å². The van der Waals surface area contributed by atoms with E-state index in [1.54, 1.807) is 44.7 Å². The number of methoxy groups -OCH3 is 1. The van der Waals surface area contributed by atoms with Crippen molar-refractivity contribution in [2.75, 3.05) is 20.2 Å². The van der Waals surface area contributed by atoms with Gasteiger partial charge in [-0.05, 0) is 32.1 Å². The van der Waals surface area contributed by atoms with Gasteiger partial charge in [0.05, 0.1) is 41.3 Å². The van der Waals surface area contributed by atoms with Crippen molar-refractivity contribution < 1.29 is 58.2 Å². The molecule has 17 nitrogen and oxygen atoms in total. The van der Waals surface area contributed by atoms with Crippen LogP contribution >= 0.6 is 12.2 Å². The maximum atomic E-state index is 14.9. The lowest BCUT2D eigenvalue weighted by Gasteiger charge is -2.38. The number of piperidine rings is 1. The molecule has 5 aliphatic rings. The van der Waals surface area contributed by atoms with Crippen molar-refractivity contribution in [3.63, 3.8) is 0 Å². The molecule has 1 saturated heterocycles. The fraction of sp³-hybridized carbons (Fsp3) is 0.512. The first-order valence-corrected chi connectivity index (χ1v) is 20.5. The highest BCUT2D eigenvalue weighted by Gasteiger charge is 2.53. The third-order valence-electron chi connectivity index (χ3n) is 11.9. The molecule has 0 spiro atoms. The maximum Gasteiger partial charge on any atom is 0.312 e. The van der Waals surface area contributed by atoms with Gasteiger partial charge in [0.1, 0.15) is 29.0 Å². The molecule has 1 amide bonds. The summed E-state index contributed by atoms with van der Waals surface area (Å²) in [5, 5.41) is 41.3. The number of aromatic hydroxyl groups is 1. The Kier molecular flexibility index (Phi) is 14.3. The van der Waals surface area contributed by atoms with Crippen molar-refractivity contribution in [2.24, 2.45) is 34.5 Å². The smallest absolute Gasteiger partial charge is 0.312 e. The Bertz CT molecular complexity index is 2150. The molecule has 18 heteroatoms. The number of thiocarbonyl (C=S) groups is 1. The number of esters is 1. The topological polar surface area (TPSA) is 249 Å². The summed E-state index contributed by atoms with van der Waals surface area (Å²) in [6.07, 6.45) is 3.96. The number of phenols is 1. The summed E-state index contributed by atoms with van der Waals surface area (Å²) in [7, 11) is 1.42. The second kappa shape index (κ2) is 18.7. The molecule has 1 aromatic rings. The molecule has 7 N–H and O–H groups in total. The van der Waals surface area contributed by atoms with Crippen LogP contribution in [0.2, 0.25) is 0 Å². The standard InChI is InChI=1S/C43H55N5O12S/c1-19-11-10-12-20(2)41(56)45-31-32(48-16-13-26(14-17-48)46-47-42(44)61)37(54)28-29(36(31)53)35(52)24(6)39-30(28)40(55)43(8,60-39)58-18-15-27(57-9)21(3)38(59-25(7)49)23(5)34(51)22(4)33(19)50/h10-12,15,18-19,21-23,27,33-34,38,50-52H,13-14,16-17H2,1-9H3,(H,45,56)(H3,44,47,61)/b11-10+,18-15+,20-12-/t19-,21-,22-,23-,27+,33+,34+,38+,43+/m1/s1. The van der Waals surface area contributed by atoms with Gasteiger partial charge in [0.2, 0.25) is 11.6 Å². The lowest BCUT2D eigenvalue weighted by Crippen LogP contribution is -2.46. The van der Waals surface area contributed by atoms with Gasteiger partial charge in [0.25, 0.3) is 11.7 Å². The lowest BCUT2D eigenvalue weighted by molar-refractivity contribution is -0.160. The minimum Gasteiger partial charge on any atom is -0.507 e. The summed E-state index contributed by atoms with van der Waals surface area (Å²) in [6.45, 7) is 12.7.